The van der Waals surface area contributed by atoms with E-state index in [0.717, 1.165) is 18.4 Å². The number of allylic oxidation sites excluding steroid dienone is 1. The van der Waals surface area contributed by atoms with Gasteiger partial charge < -0.3 is 24.5 Å². The molecule has 0 spiro atoms. The van der Waals surface area contributed by atoms with E-state index >= 15 is 0 Å². The third-order valence-corrected chi connectivity index (χ3v) is 2.59. The molecule has 0 aliphatic rings. The minimum Gasteiger partial charge on any atom is -0.545 e. The van der Waals surface area contributed by atoms with Gasteiger partial charge in [-0.1, -0.05) is 38.8 Å². The Balaban J connectivity index is 4.71. The SMILES string of the molecule is C=C(COCC(C(=O)[O-])=C(CCC)CCC)C(=O)[O-]. The zero-order valence-electron chi connectivity index (χ0n) is 11.5. The monoisotopic (exact) mass is 268 g/mol. The minimum atomic E-state index is -1.40. The molecule has 0 atom stereocenters. The number of hydrogen-bond donors (Lipinski definition) is 0. The first-order valence-corrected chi connectivity index (χ1v) is 6.33. The van der Waals surface area contributed by atoms with Crippen molar-refractivity contribution in [3.8, 4) is 0 Å². The van der Waals surface area contributed by atoms with Gasteiger partial charge in [0.1, 0.15) is 0 Å². The van der Waals surface area contributed by atoms with E-state index in [2.05, 4.69) is 6.58 Å². The zero-order valence-corrected chi connectivity index (χ0v) is 11.5. The molecule has 0 aliphatic heterocycles. The number of carboxylic acids is 2. The van der Waals surface area contributed by atoms with Gasteiger partial charge in [-0.15, -0.1) is 0 Å². The summed E-state index contributed by atoms with van der Waals surface area (Å²) in [6.07, 6.45) is 3.00. The molecule has 0 saturated heterocycles. The molecule has 0 saturated carbocycles. The third kappa shape index (κ3) is 6.76. The highest BCUT2D eigenvalue weighted by atomic mass is 16.5. The third-order valence-electron chi connectivity index (χ3n) is 2.59. The maximum absolute atomic E-state index is 11.1. The van der Waals surface area contributed by atoms with E-state index in [0.29, 0.717) is 12.8 Å². The molecule has 0 bridgehead atoms. The van der Waals surface area contributed by atoms with Crippen molar-refractivity contribution in [1.29, 1.82) is 0 Å². The molecule has 0 radical (unpaired) electrons. The lowest BCUT2D eigenvalue weighted by Crippen LogP contribution is -2.30. The van der Waals surface area contributed by atoms with Gasteiger partial charge in [-0.3, -0.25) is 0 Å². The van der Waals surface area contributed by atoms with E-state index in [1.807, 2.05) is 13.8 Å². The minimum absolute atomic E-state index is 0.106. The Labute approximate surface area is 113 Å². The fraction of sp³-hybridized carbons (Fsp3) is 0.571. The largest absolute Gasteiger partial charge is 0.545 e. The second-order valence-corrected chi connectivity index (χ2v) is 4.25. The highest BCUT2D eigenvalue weighted by Crippen LogP contribution is 2.17. The molecule has 5 nitrogen and oxygen atoms in total. The van der Waals surface area contributed by atoms with Gasteiger partial charge in [-0.2, -0.15) is 0 Å². The Morgan fingerprint density at radius 1 is 1.00 bits per heavy atom. The van der Waals surface area contributed by atoms with Crippen molar-refractivity contribution < 1.29 is 24.5 Å². The summed E-state index contributed by atoms with van der Waals surface area (Å²) >= 11 is 0. The summed E-state index contributed by atoms with van der Waals surface area (Å²) in [4.78, 5) is 21.5. The van der Waals surface area contributed by atoms with Crippen molar-refractivity contribution in [1.82, 2.24) is 0 Å². The van der Waals surface area contributed by atoms with Gasteiger partial charge in [0.15, 0.2) is 0 Å². The van der Waals surface area contributed by atoms with Crippen LogP contribution < -0.4 is 10.2 Å². The zero-order chi connectivity index (χ0) is 14.8. The molecule has 0 fully saturated rings. The van der Waals surface area contributed by atoms with Gasteiger partial charge in [-0.25, -0.2) is 0 Å². The standard InChI is InChI=1S/C14H22O5/c1-4-6-11(7-5-2)12(14(17)18)9-19-8-10(3)13(15)16/h3-9H2,1-2H3,(H,15,16)(H,17,18)/p-2. The molecule has 0 aliphatic carbocycles. The van der Waals surface area contributed by atoms with E-state index in [9.17, 15) is 19.8 Å². The number of aliphatic carboxylic acids is 2. The molecule has 108 valence electrons. The van der Waals surface area contributed by atoms with Crippen molar-refractivity contribution in [3.05, 3.63) is 23.3 Å². The summed E-state index contributed by atoms with van der Waals surface area (Å²) in [6.45, 7) is 6.73. The summed E-state index contributed by atoms with van der Waals surface area (Å²) in [6, 6.07) is 0. The predicted molar refractivity (Wildman–Crippen MR) is 66.8 cm³/mol. The average Bonchev–Trinajstić information content (AvgIpc) is 2.33. The highest BCUT2D eigenvalue weighted by molar-refractivity contribution is 5.86. The lowest BCUT2D eigenvalue weighted by Gasteiger charge is -2.16. The Kier molecular flexibility index (Phi) is 8.53. The van der Waals surface area contributed by atoms with Crippen LogP contribution in [-0.4, -0.2) is 25.2 Å². The van der Waals surface area contributed by atoms with Gasteiger partial charge in [0.05, 0.1) is 25.2 Å². The molecule has 0 aromatic carbocycles. The smallest absolute Gasteiger partial charge is 0.0738 e. The maximum atomic E-state index is 11.1. The van der Waals surface area contributed by atoms with Crippen LogP contribution in [0.15, 0.2) is 23.3 Å². The van der Waals surface area contributed by atoms with Crippen LogP contribution in [0.4, 0.5) is 0 Å². The molecule has 19 heavy (non-hydrogen) atoms. The van der Waals surface area contributed by atoms with Gasteiger partial charge >= 0.3 is 0 Å². The summed E-state index contributed by atoms with van der Waals surface area (Å²) in [5.74, 6) is -2.67. The fourth-order valence-corrected chi connectivity index (χ4v) is 1.67. The van der Waals surface area contributed by atoms with Crippen molar-refractivity contribution in [2.75, 3.05) is 13.2 Å². The molecule has 0 aromatic rings. The molecule has 5 heteroatoms. The normalized spacial score (nSPS) is 10.0. The Hall–Kier alpha value is -1.62. The number of carbonyl (C=O) groups is 2. The van der Waals surface area contributed by atoms with Crippen LogP contribution in [0.25, 0.3) is 0 Å². The van der Waals surface area contributed by atoms with Crippen LogP contribution >= 0.6 is 0 Å². The number of ether oxygens (including phenoxy) is 1. The number of carbonyl (C=O) groups excluding carboxylic acids is 2. The Morgan fingerprint density at radius 3 is 1.89 bits per heavy atom. The molecule has 0 amide bonds. The van der Waals surface area contributed by atoms with Gasteiger partial charge in [0.2, 0.25) is 0 Å². The summed E-state index contributed by atoms with van der Waals surface area (Å²) in [5.41, 5.74) is 0.684. The lowest BCUT2D eigenvalue weighted by molar-refractivity contribution is -0.300. The molecular formula is C14H20O5-2. The van der Waals surface area contributed by atoms with E-state index in [1.54, 1.807) is 0 Å². The van der Waals surface area contributed by atoms with Crippen molar-refractivity contribution in [2.45, 2.75) is 39.5 Å². The Bertz CT molecular complexity index is 360. The summed E-state index contributed by atoms with van der Waals surface area (Å²) in [5, 5.41) is 21.5. The first kappa shape index (κ1) is 17.4. The number of carboxylic acid groups (broad SMARTS) is 2. The van der Waals surface area contributed by atoms with E-state index in [4.69, 9.17) is 4.74 Å². The summed E-state index contributed by atoms with van der Waals surface area (Å²) in [7, 11) is 0. The first-order chi connectivity index (χ1) is 8.93. The number of hydrogen-bond acceptors (Lipinski definition) is 5. The highest BCUT2D eigenvalue weighted by Gasteiger charge is 2.08. The lowest BCUT2D eigenvalue weighted by atomic mass is 9.99. The van der Waals surface area contributed by atoms with Crippen LogP contribution in [-0.2, 0) is 14.3 Å². The van der Waals surface area contributed by atoms with Crippen molar-refractivity contribution >= 4 is 11.9 Å². The second-order valence-electron chi connectivity index (χ2n) is 4.25. The van der Waals surface area contributed by atoms with E-state index in [1.165, 1.54) is 0 Å². The molecule has 0 rings (SSSR count). The van der Waals surface area contributed by atoms with Crippen molar-refractivity contribution in [3.63, 3.8) is 0 Å². The predicted octanol–water partition coefficient (Wildman–Crippen LogP) is -0.0442. The topological polar surface area (TPSA) is 89.5 Å². The van der Waals surface area contributed by atoms with Gasteiger partial charge in [0.25, 0.3) is 0 Å². The van der Waals surface area contributed by atoms with Crippen LogP contribution in [0.5, 0.6) is 0 Å². The molecule has 0 N–H and O–H groups in total. The van der Waals surface area contributed by atoms with Crippen molar-refractivity contribution in [2.24, 2.45) is 0 Å². The van der Waals surface area contributed by atoms with Gasteiger partial charge in [0, 0.05) is 0 Å². The molecular weight excluding hydrogens is 248 g/mol. The van der Waals surface area contributed by atoms with Gasteiger partial charge in [-0.05, 0) is 24.0 Å². The van der Waals surface area contributed by atoms with E-state index in [-0.39, 0.29) is 24.4 Å². The average molecular weight is 268 g/mol. The Morgan fingerprint density at radius 2 is 1.53 bits per heavy atom. The van der Waals surface area contributed by atoms with Crippen LogP contribution in [0.2, 0.25) is 0 Å². The fourth-order valence-electron chi connectivity index (χ4n) is 1.67. The number of rotatable bonds is 10. The summed E-state index contributed by atoms with van der Waals surface area (Å²) < 4.78 is 5.05. The maximum Gasteiger partial charge on any atom is 0.0738 e. The first-order valence-electron chi connectivity index (χ1n) is 6.33. The van der Waals surface area contributed by atoms with E-state index < -0.39 is 11.9 Å². The van der Waals surface area contributed by atoms with Crippen LogP contribution in [0.1, 0.15) is 39.5 Å². The quantitative estimate of drug-likeness (QED) is 0.518. The molecule has 0 unspecified atom stereocenters. The van der Waals surface area contributed by atoms with Crippen LogP contribution in [0, 0.1) is 0 Å². The van der Waals surface area contributed by atoms with Crippen LogP contribution in [0.3, 0.4) is 0 Å². The molecule has 0 aromatic heterocycles. The molecule has 0 heterocycles. The second kappa shape index (κ2) is 9.33.